The number of piperazine rings is 1. The third-order valence-electron chi connectivity index (χ3n) is 3.61. The van der Waals surface area contributed by atoms with Crippen LogP contribution in [-0.2, 0) is 10.0 Å². The zero-order valence-electron chi connectivity index (χ0n) is 12.4. The molecule has 1 aromatic rings. The molecular weight excluding hydrogens is 344 g/mol. The summed E-state index contributed by atoms with van der Waals surface area (Å²) in [6.45, 7) is 1.64. The minimum atomic E-state index is -3.46. The van der Waals surface area contributed by atoms with Crippen LogP contribution >= 0.6 is 11.6 Å². The first-order valence-electron chi connectivity index (χ1n) is 7.04. The SMILES string of the molecule is Nc1cc(N2CCN(S(=O)(=O)CCNC(=O)O)CC2)ccc1Cl. The van der Waals surface area contributed by atoms with Crippen molar-refractivity contribution in [3.8, 4) is 0 Å². The lowest BCUT2D eigenvalue weighted by Gasteiger charge is -2.35. The maximum atomic E-state index is 12.1. The summed E-state index contributed by atoms with van der Waals surface area (Å²) in [5, 5.41) is 11.0. The third-order valence-corrected chi connectivity index (χ3v) is 5.83. The second-order valence-corrected chi connectivity index (χ2v) is 7.64. The van der Waals surface area contributed by atoms with Crippen molar-refractivity contribution in [2.75, 3.05) is 49.1 Å². The van der Waals surface area contributed by atoms with Crippen LogP contribution in [0.1, 0.15) is 0 Å². The van der Waals surface area contributed by atoms with Gasteiger partial charge in [-0.05, 0) is 18.2 Å². The van der Waals surface area contributed by atoms with E-state index >= 15 is 0 Å². The molecule has 1 aromatic carbocycles. The number of benzene rings is 1. The second kappa shape index (κ2) is 7.24. The van der Waals surface area contributed by atoms with Gasteiger partial charge in [-0.2, -0.15) is 4.31 Å². The maximum Gasteiger partial charge on any atom is 0.404 e. The lowest BCUT2D eigenvalue weighted by Crippen LogP contribution is -2.50. The van der Waals surface area contributed by atoms with E-state index in [0.717, 1.165) is 5.69 Å². The number of halogens is 1. The zero-order chi connectivity index (χ0) is 17.0. The summed E-state index contributed by atoms with van der Waals surface area (Å²) in [5.74, 6) is -0.243. The number of nitrogen functional groups attached to an aromatic ring is 1. The number of sulfonamides is 1. The Morgan fingerprint density at radius 1 is 1.30 bits per heavy atom. The summed E-state index contributed by atoms with van der Waals surface area (Å²) in [7, 11) is -3.46. The van der Waals surface area contributed by atoms with Gasteiger partial charge in [0.25, 0.3) is 0 Å². The van der Waals surface area contributed by atoms with Crippen LogP contribution < -0.4 is 16.0 Å². The van der Waals surface area contributed by atoms with Crippen LogP contribution in [0.5, 0.6) is 0 Å². The Labute approximate surface area is 139 Å². The lowest BCUT2D eigenvalue weighted by molar-refractivity contribution is 0.195. The summed E-state index contributed by atoms with van der Waals surface area (Å²) >= 11 is 5.89. The van der Waals surface area contributed by atoms with Crippen molar-refractivity contribution < 1.29 is 18.3 Å². The smallest absolute Gasteiger partial charge is 0.404 e. The highest BCUT2D eigenvalue weighted by Gasteiger charge is 2.26. The highest BCUT2D eigenvalue weighted by Crippen LogP contribution is 2.26. The molecule has 23 heavy (non-hydrogen) atoms. The molecule has 0 atom stereocenters. The summed E-state index contributed by atoms with van der Waals surface area (Å²) in [4.78, 5) is 12.4. The van der Waals surface area contributed by atoms with Gasteiger partial charge in [-0.1, -0.05) is 11.6 Å². The van der Waals surface area contributed by atoms with Gasteiger partial charge in [0, 0.05) is 38.4 Å². The molecule has 0 saturated carbocycles. The quantitative estimate of drug-likeness (QED) is 0.662. The molecule has 0 bridgehead atoms. The van der Waals surface area contributed by atoms with Gasteiger partial charge in [0.15, 0.2) is 0 Å². The Bertz CT molecular complexity index is 675. The lowest BCUT2D eigenvalue weighted by atomic mass is 10.2. The van der Waals surface area contributed by atoms with Crippen LogP contribution in [0.3, 0.4) is 0 Å². The van der Waals surface area contributed by atoms with Crippen molar-refractivity contribution in [3.05, 3.63) is 23.2 Å². The van der Waals surface area contributed by atoms with E-state index in [1.807, 2.05) is 11.0 Å². The molecule has 1 aliphatic heterocycles. The van der Waals surface area contributed by atoms with E-state index < -0.39 is 16.1 Å². The van der Waals surface area contributed by atoms with Gasteiger partial charge in [0.05, 0.1) is 16.5 Å². The fourth-order valence-electron chi connectivity index (χ4n) is 2.37. The van der Waals surface area contributed by atoms with Crippen LogP contribution in [0, 0.1) is 0 Å². The molecule has 0 aliphatic carbocycles. The molecular formula is C13H19ClN4O4S. The molecule has 8 nitrogen and oxygen atoms in total. The van der Waals surface area contributed by atoms with Crippen LogP contribution in [0.2, 0.25) is 5.02 Å². The van der Waals surface area contributed by atoms with E-state index in [-0.39, 0.29) is 12.3 Å². The van der Waals surface area contributed by atoms with E-state index in [1.165, 1.54) is 4.31 Å². The number of carboxylic acid groups (broad SMARTS) is 1. The van der Waals surface area contributed by atoms with Gasteiger partial charge in [-0.3, -0.25) is 0 Å². The fraction of sp³-hybridized carbons (Fsp3) is 0.462. The Morgan fingerprint density at radius 3 is 2.52 bits per heavy atom. The maximum absolute atomic E-state index is 12.1. The van der Waals surface area contributed by atoms with Crippen molar-refractivity contribution in [1.82, 2.24) is 9.62 Å². The van der Waals surface area contributed by atoms with Crippen LogP contribution in [0.4, 0.5) is 16.2 Å². The monoisotopic (exact) mass is 362 g/mol. The van der Waals surface area contributed by atoms with Crippen molar-refractivity contribution in [2.45, 2.75) is 0 Å². The molecule has 1 fully saturated rings. The number of hydrogen-bond donors (Lipinski definition) is 3. The van der Waals surface area contributed by atoms with Gasteiger partial charge in [-0.25, -0.2) is 13.2 Å². The van der Waals surface area contributed by atoms with Gasteiger partial charge in [0.1, 0.15) is 0 Å². The fourth-order valence-corrected chi connectivity index (χ4v) is 3.82. The summed E-state index contributed by atoms with van der Waals surface area (Å²) in [6.07, 6.45) is -1.23. The minimum absolute atomic E-state index is 0.119. The molecule has 1 aliphatic rings. The van der Waals surface area contributed by atoms with E-state index in [4.69, 9.17) is 22.4 Å². The predicted molar refractivity (Wildman–Crippen MR) is 89.5 cm³/mol. The molecule has 10 heteroatoms. The van der Waals surface area contributed by atoms with Crippen molar-refractivity contribution in [1.29, 1.82) is 0 Å². The molecule has 0 aromatic heterocycles. The summed E-state index contributed by atoms with van der Waals surface area (Å²) in [6, 6.07) is 5.33. The number of nitrogens with one attached hydrogen (secondary N) is 1. The normalized spacial score (nSPS) is 16.3. The Morgan fingerprint density at radius 2 is 1.96 bits per heavy atom. The van der Waals surface area contributed by atoms with E-state index in [2.05, 4.69) is 5.32 Å². The average molecular weight is 363 g/mol. The molecule has 4 N–H and O–H groups in total. The minimum Gasteiger partial charge on any atom is -0.465 e. The molecule has 0 unspecified atom stereocenters. The third kappa shape index (κ3) is 4.63. The summed E-state index contributed by atoms with van der Waals surface area (Å²) in [5.41, 5.74) is 7.17. The zero-order valence-corrected chi connectivity index (χ0v) is 14.0. The van der Waals surface area contributed by atoms with E-state index in [0.29, 0.717) is 36.9 Å². The Balaban J connectivity index is 1.92. The first-order valence-corrected chi connectivity index (χ1v) is 9.03. The highest BCUT2D eigenvalue weighted by molar-refractivity contribution is 7.89. The Hall–Kier alpha value is -1.71. The largest absolute Gasteiger partial charge is 0.465 e. The molecule has 128 valence electrons. The first-order chi connectivity index (χ1) is 10.8. The first kappa shape index (κ1) is 17.6. The number of carbonyl (C=O) groups is 1. The standard InChI is InChI=1S/C13H19ClN4O4S/c14-11-2-1-10(9-12(11)15)17-4-6-18(7-5-17)23(21,22)8-3-16-13(19)20/h1-2,9,16H,3-8,15H2,(H,19,20). The summed E-state index contributed by atoms with van der Waals surface area (Å²) < 4.78 is 25.7. The molecule has 1 heterocycles. The van der Waals surface area contributed by atoms with Gasteiger partial charge >= 0.3 is 6.09 Å². The molecule has 0 spiro atoms. The topological polar surface area (TPSA) is 116 Å². The van der Waals surface area contributed by atoms with Gasteiger partial charge in [-0.15, -0.1) is 0 Å². The van der Waals surface area contributed by atoms with E-state index in [9.17, 15) is 13.2 Å². The number of hydrogen-bond acceptors (Lipinski definition) is 5. The van der Waals surface area contributed by atoms with Crippen molar-refractivity contribution in [2.24, 2.45) is 0 Å². The van der Waals surface area contributed by atoms with Crippen LogP contribution in [0.25, 0.3) is 0 Å². The number of amides is 1. The molecule has 2 rings (SSSR count). The number of nitrogens with zero attached hydrogens (tertiary/aromatic N) is 2. The van der Waals surface area contributed by atoms with Crippen LogP contribution in [0.15, 0.2) is 18.2 Å². The van der Waals surface area contributed by atoms with Gasteiger partial charge < -0.3 is 21.1 Å². The second-order valence-electron chi connectivity index (χ2n) is 5.14. The van der Waals surface area contributed by atoms with E-state index in [1.54, 1.807) is 12.1 Å². The number of anilines is 2. The highest BCUT2D eigenvalue weighted by atomic mass is 35.5. The van der Waals surface area contributed by atoms with Gasteiger partial charge in [0.2, 0.25) is 10.0 Å². The van der Waals surface area contributed by atoms with Crippen molar-refractivity contribution in [3.63, 3.8) is 0 Å². The number of nitrogens with two attached hydrogens (primary N) is 1. The number of rotatable bonds is 5. The molecule has 1 amide bonds. The Kier molecular flexibility index (Phi) is 5.55. The van der Waals surface area contributed by atoms with Crippen molar-refractivity contribution >= 4 is 39.1 Å². The van der Waals surface area contributed by atoms with Crippen LogP contribution in [-0.4, -0.2) is 62.4 Å². The average Bonchev–Trinajstić information content (AvgIpc) is 2.49. The molecule has 1 saturated heterocycles. The molecule has 0 radical (unpaired) electrons. The predicted octanol–water partition coefficient (Wildman–Crippen LogP) is 0.642.